The fourth-order valence-corrected chi connectivity index (χ4v) is 2.64. The molecule has 1 heterocycles. The van der Waals surface area contributed by atoms with Gasteiger partial charge >= 0.3 is 6.18 Å². The fraction of sp³-hybridized carbons (Fsp3) is 0.444. The molecule has 0 saturated heterocycles. The van der Waals surface area contributed by atoms with Crippen molar-refractivity contribution in [1.82, 2.24) is 20.5 Å². The average Bonchev–Trinajstić information content (AvgIpc) is 3.00. The number of nitrogens with zero attached hydrogens (tertiary/aromatic N) is 2. The number of fused-ring (bicyclic) bond motifs is 1. The van der Waals surface area contributed by atoms with Gasteiger partial charge in [0, 0.05) is 37.2 Å². The monoisotopic (exact) mass is 401 g/mol. The predicted molar refractivity (Wildman–Crippen MR) is 99.6 cm³/mol. The van der Waals surface area contributed by atoms with Crippen molar-refractivity contribution in [3.05, 3.63) is 35.8 Å². The number of aromatic nitrogens is 1. The lowest BCUT2D eigenvalue weighted by Crippen LogP contribution is -2.40. The lowest BCUT2D eigenvalue weighted by Gasteiger charge is -2.18. The molecule has 0 aliphatic carbocycles. The van der Waals surface area contributed by atoms with E-state index in [4.69, 9.17) is 0 Å². The Bertz CT molecular complexity index is 831. The number of carbonyl (C=O) groups is 1. The molecule has 28 heavy (non-hydrogen) atoms. The van der Waals surface area contributed by atoms with Gasteiger partial charge in [0.25, 0.3) is 0 Å². The summed E-state index contributed by atoms with van der Waals surface area (Å²) < 4.78 is 50.5. The maximum Gasteiger partial charge on any atom is 0.406 e. The predicted octanol–water partition coefficient (Wildman–Crippen LogP) is 2.43. The first-order valence-electron chi connectivity index (χ1n) is 8.78. The molecule has 0 atom stereocenters. The molecule has 1 aromatic carbocycles. The highest BCUT2D eigenvalue weighted by atomic mass is 19.4. The van der Waals surface area contributed by atoms with Crippen LogP contribution < -0.4 is 10.6 Å². The van der Waals surface area contributed by atoms with Crippen molar-refractivity contribution in [3.63, 3.8) is 0 Å². The molecule has 0 saturated carbocycles. The lowest BCUT2D eigenvalue weighted by molar-refractivity contribution is -0.157. The van der Waals surface area contributed by atoms with Gasteiger partial charge in [-0.1, -0.05) is 0 Å². The number of likely N-dealkylation sites (N-methyl/N-ethyl adjacent to an activating group) is 1. The lowest BCUT2D eigenvalue weighted by atomic mass is 10.1. The minimum Gasteiger partial charge on any atom is -0.361 e. The van der Waals surface area contributed by atoms with Crippen LogP contribution in [0.1, 0.15) is 12.5 Å². The number of halogens is 4. The molecule has 154 valence electrons. The maximum absolute atomic E-state index is 13.4. The third kappa shape index (κ3) is 6.43. The summed E-state index contributed by atoms with van der Waals surface area (Å²) in [4.78, 5) is 19.5. The van der Waals surface area contributed by atoms with Crippen molar-refractivity contribution < 1.29 is 22.4 Å². The molecule has 0 fully saturated rings. The second kappa shape index (κ2) is 9.43. The highest BCUT2D eigenvalue weighted by Crippen LogP contribution is 2.19. The number of hydrogen-bond donors (Lipinski definition) is 3. The number of carbonyl (C=O) groups excluding carboxylic acids is 1. The van der Waals surface area contributed by atoms with Crippen LogP contribution in [-0.4, -0.2) is 61.2 Å². The SMILES string of the molecule is CCNC(=NCC(=O)N(C)CC(F)(F)F)NCCc1c[nH]c2ccc(F)cc12. The van der Waals surface area contributed by atoms with Gasteiger partial charge in [0.2, 0.25) is 5.91 Å². The third-order valence-electron chi connectivity index (χ3n) is 3.98. The third-order valence-corrected chi connectivity index (χ3v) is 3.98. The number of nitrogens with one attached hydrogen (secondary N) is 3. The second-order valence-electron chi connectivity index (χ2n) is 6.24. The summed E-state index contributed by atoms with van der Waals surface area (Å²) in [6.45, 7) is 1.08. The van der Waals surface area contributed by atoms with E-state index in [1.807, 2.05) is 6.92 Å². The quantitative estimate of drug-likeness (QED) is 0.379. The topological polar surface area (TPSA) is 72.5 Å². The normalized spacial score (nSPS) is 12.3. The summed E-state index contributed by atoms with van der Waals surface area (Å²) in [5, 5.41) is 6.73. The minimum absolute atomic E-state index is 0.322. The molecule has 3 N–H and O–H groups in total. The number of guanidine groups is 1. The standard InChI is InChI=1S/C18H23F4N5O/c1-3-23-17(26-10-16(28)27(2)11-18(20,21)22)24-7-6-12-9-25-15-5-4-13(19)8-14(12)15/h4-5,8-9,25H,3,6-7,10-11H2,1-2H3,(H2,23,24,26). The number of amides is 1. The first-order chi connectivity index (χ1) is 13.2. The van der Waals surface area contributed by atoms with Gasteiger partial charge in [-0.3, -0.25) is 4.79 Å². The molecule has 0 aliphatic heterocycles. The van der Waals surface area contributed by atoms with Gasteiger partial charge in [-0.2, -0.15) is 13.2 Å². The summed E-state index contributed by atoms with van der Waals surface area (Å²) in [5.41, 5.74) is 1.74. The largest absolute Gasteiger partial charge is 0.406 e. The molecule has 6 nitrogen and oxygen atoms in total. The fourth-order valence-electron chi connectivity index (χ4n) is 2.64. The maximum atomic E-state index is 13.4. The molecule has 0 radical (unpaired) electrons. The molecule has 2 rings (SSSR count). The Hall–Kier alpha value is -2.78. The summed E-state index contributed by atoms with van der Waals surface area (Å²) in [6.07, 6.45) is -2.09. The van der Waals surface area contributed by atoms with E-state index in [0.717, 1.165) is 23.5 Å². The van der Waals surface area contributed by atoms with E-state index in [2.05, 4.69) is 20.6 Å². The number of hydrogen-bond acceptors (Lipinski definition) is 2. The van der Waals surface area contributed by atoms with Gasteiger partial charge in [-0.15, -0.1) is 0 Å². The zero-order valence-electron chi connectivity index (χ0n) is 15.7. The van der Waals surface area contributed by atoms with Crippen LogP contribution >= 0.6 is 0 Å². The van der Waals surface area contributed by atoms with Crippen LogP contribution in [0.3, 0.4) is 0 Å². The number of aromatic amines is 1. The molecular formula is C18H23F4N5O. The second-order valence-corrected chi connectivity index (χ2v) is 6.24. The van der Waals surface area contributed by atoms with Crippen molar-refractivity contribution in [1.29, 1.82) is 0 Å². The molecule has 0 bridgehead atoms. The van der Waals surface area contributed by atoms with Crippen LogP contribution in [0.4, 0.5) is 17.6 Å². The molecule has 1 amide bonds. The van der Waals surface area contributed by atoms with Crippen molar-refractivity contribution in [2.75, 3.05) is 33.2 Å². The van der Waals surface area contributed by atoms with Gasteiger partial charge in [0.15, 0.2) is 5.96 Å². The molecule has 2 aromatic rings. The van der Waals surface area contributed by atoms with Crippen molar-refractivity contribution >= 4 is 22.8 Å². The zero-order chi connectivity index (χ0) is 20.7. The van der Waals surface area contributed by atoms with E-state index in [-0.39, 0.29) is 5.82 Å². The van der Waals surface area contributed by atoms with Gasteiger partial charge in [0.05, 0.1) is 0 Å². The van der Waals surface area contributed by atoms with Crippen molar-refractivity contribution in [3.8, 4) is 0 Å². The first kappa shape index (κ1) is 21.5. The molecule has 0 unspecified atom stereocenters. The van der Waals surface area contributed by atoms with Gasteiger partial charge in [0.1, 0.15) is 18.9 Å². The first-order valence-corrected chi connectivity index (χ1v) is 8.78. The Balaban J connectivity index is 1.92. The minimum atomic E-state index is -4.45. The Morgan fingerprint density at radius 1 is 1.29 bits per heavy atom. The van der Waals surface area contributed by atoms with Crippen molar-refractivity contribution in [2.45, 2.75) is 19.5 Å². The highest BCUT2D eigenvalue weighted by Gasteiger charge is 2.31. The Labute approximate surface area is 160 Å². The molecule has 0 spiro atoms. The van der Waals surface area contributed by atoms with E-state index in [1.165, 1.54) is 12.1 Å². The number of alkyl halides is 3. The van der Waals surface area contributed by atoms with Crippen LogP contribution in [0, 0.1) is 5.82 Å². The molecular weight excluding hydrogens is 378 g/mol. The number of benzene rings is 1. The van der Waals surface area contributed by atoms with Crippen LogP contribution in [0.2, 0.25) is 0 Å². The Morgan fingerprint density at radius 2 is 2.04 bits per heavy atom. The smallest absolute Gasteiger partial charge is 0.361 e. The zero-order valence-corrected chi connectivity index (χ0v) is 15.7. The van der Waals surface area contributed by atoms with E-state index < -0.39 is 25.2 Å². The van der Waals surface area contributed by atoms with Gasteiger partial charge in [-0.05, 0) is 37.1 Å². The highest BCUT2D eigenvalue weighted by molar-refractivity contribution is 5.85. The van der Waals surface area contributed by atoms with Crippen molar-refractivity contribution in [2.24, 2.45) is 4.99 Å². The Kier molecular flexibility index (Phi) is 7.24. The summed E-state index contributed by atoms with van der Waals surface area (Å²) in [5.74, 6) is -0.735. The molecule has 0 aliphatic rings. The van der Waals surface area contributed by atoms with Crippen LogP contribution in [0.15, 0.2) is 29.4 Å². The number of rotatable bonds is 7. The van der Waals surface area contributed by atoms with Gasteiger partial charge in [-0.25, -0.2) is 9.38 Å². The summed E-state index contributed by atoms with van der Waals surface area (Å²) >= 11 is 0. The van der Waals surface area contributed by atoms with E-state index in [0.29, 0.717) is 30.4 Å². The average molecular weight is 401 g/mol. The number of H-pyrrole nitrogens is 1. The van der Waals surface area contributed by atoms with Gasteiger partial charge < -0.3 is 20.5 Å². The Morgan fingerprint density at radius 3 is 2.71 bits per heavy atom. The van der Waals surface area contributed by atoms with E-state index in [1.54, 1.807) is 12.3 Å². The van der Waals surface area contributed by atoms with Crippen LogP contribution in [-0.2, 0) is 11.2 Å². The van der Waals surface area contributed by atoms with E-state index >= 15 is 0 Å². The van der Waals surface area contributed by atoms with E-state index in [9.17, 15) is 22.4 Å². The van der Waals surface area contributed by atoms with Crippen LogP contribution in [0.5, 0.6) is 0 Å². The molecule has 1 aromatic heterocycles. The molecule has 10 heteroatoms. The van der Waals surface area contributed by atoms with Crippen LogP contribution in [0.25, 0.3) is 10.9 Å². The number of aliphatic imine (C=N–C) groups is 1. The summed E-state index contributed by atoms with van der Waals surface area (Å²) in [6, 6.07) is 4.50. The summed E-state index contributed by atoms with van der Waals surface area (Å²) in [7, 11) is 1.09.